The van der Waals surface area contributed by atoms with Gasteiger partial charge in [-0.1, -0.05) is 22.0 Å². The molecule has 1 heterocycles. The zero-order valence-corrected chi connectivity index (χ0v) is 12.2. The monoisotopic (exact) mass is 333 g/mol. The molecule has 1 atom stereocenters. The number of nitro groups is 1. The predicted octanol–water partition coefficient (Wildman–Crippen LogP) is 4.02. The second kappa shape index (κ2) is 5.34. The van der Waals surface area contributed by atoms with Crippen LogP contribution in [0.15, 0.2) is 46.9 Å². The number of hydrogen-bond acceptors (Lipinski definition) is 3. The summed E-state index contributed by atoms with van der Waals surface area (Å²) in [5.41, 5.74) is 3.43. The molecule has 5 heteroatoms. The number of nitrogens with zero attached hydrogens (tertiary/aromatic N) is 1. The van der Waals surface area contributed by atoms with Gasteiger partial charge in [0.2, 0.25) is 0 Å². The van der Waals surface area contributed by atoms with Crippen LogP contribution in [0.3, 0.4) is 0 Å². The summed E-state index contributed by atoms with van der Waals surface area (Å²) in [6, 6.07) is 12.7. The molecular weight excluding hydrogens is 322 g/mol. The first-order valence-corrected chi connectivity index (χ1v) is 7.09. The van der Waals surface area contributed by atoms with Crippen LogP contribution in [0.4, 0.5) is 5.69 Å². The van der Waals surface area contributed by atoms with Gasteiger partial charge in [0.1, 0.15) is 6.10 Å². The van der Waals surface area contributed by atoms with Crippen molar-refractivity contribution >= 4 is 21.6 Å². The van der Waals surface area contributed by atoms with E-state index in [0.29, 0.717) is 6.61 Å². The molecule has 0 radical (unpaired) electrons. The topological polar surface area (TPSA) is 52.4 Å². The van der Waals surface area contributed by atoms with Crippen molar-refractivity contribution in [2.45, 2.75) is 12.5 Å². The molecule has 0 amide bonds. The lowest BCUT2D eigenvalue weighted by molar-refractivity contribution is -0.384. The van der Waals surface area contributed by atoms with Crippen molar-refractivity contribution in [3.63, 3.8) is 0 Å². The molecule has 0 saturated carbocycles. The summed E-state index contributed by atoms with van der Waals surface area (Å²) in [7, 11) is 0. The second-order valence-electron chi connectivity index (χ2n) is 4.69. The first-order valence-electron chi connectivity index (χ1n) is 6.29. The molecule has 1 aliphatic heterocycles. The first kappa shape index (κ1) is 13.3. The molecule has 0 bridgehead atoms. The molecule has 0 aliphatic carbocycles. The Balaban J connectivity index is 1.99. The lowest BCUT2D eigenvalue weighted by Gasteiger charge is -2.26. The predicted molar refractivity (Wildman–Crippen MR) is 78.7 cm³/mol. The van der Waals surface area contributed by atoms with E-state index in [9.17, 15) is 10.1 Å². The van der Waals surface area contributed by atoms with Gasteiger partial charge in [-0.15, -0.1) is 0 Å². The smallest absolute Gasteiger partial charge is 0.269 e. The average molecular weight is 334 g/mol. The maximum atomic E-state index is 10.7. The van der Waals surface area contributed by atoms with Gasteiger partial charge in [0.25, 0.3) is 5.69 Å². The number of hydrogen-bond donors (Lipinski definition) is 0. The highest BCUT2D eigenvalue weighted by molar-refractivity contribution is 9.10. The Kier molecular flexibility index (Phi) is 3.54. The summed E-state index contributed by atoms with van der Waals surface area (Å²) in [6.45, 7) is 0.663. The summed E-state index contributed by atoms with van der Waals surface area (Å²) >= 11 is 3.48. The SMILES string of the molecule is O=[N+]([O-])c1ccc(C2OCCc3ccc(Br)cc32)cc1. The van der Waals surface area contributed by atoms with Crippen LogP contribution in [0.1, 0.15) is 22.8 Å². The van der Waals surface area contributed by atoms with Crippen LogP contribution in [0.2, 0.25) is 0 Å². The molecule has 1 unspecified atom stereocenters. The minimum absolute atomic E-state index is 0.0963. The van der Waals surface area contributed by atoms with Gasteiger partial charge in [-0.2, -0.15) is 0 Å². The van der Waals surface area contributed by atoms with Crippen LogP contribution in [0, 0.1) is 10.1 Å². The van der Waals surface area contributed by atoms with E-state index in [1.54, 1.807) is 12.1 Å². The fourth-order valence-electron chi connectivity index (χ4n) is 2.46. The van der Waals surface area contributed by atoms with E-state index in [2.05, 4.69) is 28.1 Å². The number of ether oxygens (including phenoxy) is 1. The molecule has 3 rings (SSSR count). The van der Waals surface area contributed by atoms with Gasteiger partial charge in [0.15, 0.2) is 0 Å². The third-order valence-corrected chi connectivity index (χ3v) is 3.95. The Hall–Kier alpha value is -1.72. The van der Waals surface area contributed by atoms with Crippen LogP contribution >= 0.6 is 15.9 Å². The van der Waals surface area contributed by atoms with Crippen LogP contribution in [-0.4, -0.2) is 11.5 Å². The molecule has 0 spiro atoms. The van der Waals surface area contributed by atoms with Gasteiger partial charge >= 0.3 is 0 Å². The second-order valence-corrected chi connectivity index (χ2v) is 5.61. The Bertz CT molecular complexity index is 655. The van der Waals surface area contributed by atoms with Crippen LogP contribution in [0.25, 0.3) is 0 Å². The van der Waals surface area contributed by atoms with Gasteiger partial charge in [0.05, 0.1) is 11.5 Å². The number of rotatable bonds is 2. The molecule has 0 fully saturated rings. The average Bonchev–Trinajstić information content (AvgIpc) is 2.46. The Labute approximate surface area is 124 Å². The highest BCUT2D eigenvalue weighted by Gasteiger charge is 2.23. The first-order chi connectivity index (χ1) is 9.65. The van der Waals surface area contributed by atoms with Gasteiger partial charge in [-0.25, -0.2) is 0 Å². The number of nitro benzene ring substituents is 1. The van der Waals surface area contributed by atoms with E-state index >= 15 is 0 Å². The van der Waals surface area contributed by atoms with Crippen molar-refractivity contribution in [1.82, 2.24) is 0 Å². The van der Waals surface area contributed by atoms with Crippen molar-refractivity contribution in [2.24, 2.45) is 0 Å². The summed E-state index contributed by atoms with van der Waals surface area (Å²) in [4.78, 5) is 10.3. The van der Waals surface area contributed by atoms with E-state index in [1.807, 2.05) is 6.07 Å². The normalized spacial score (nSPS) is 17.6. The minimum Gasteiger partial charge on any atom is -0.368 e. The van der Waals surface area contributed by atoms with Crippen molar-refractivity contribution < 1.29 is 9.66 Å². The largest absolute Gasteiger partial charge is 0.368 e. The van der Waals surface area contributed by atoms with E-state index in [1.165, 1.54) is 17.7 Å². The fraction of sp³-hybridized carbons (Fsp3) is 0.200. The third kappa shape index (κ3) is 2.46. The van der Waals surface area contributed by atoms with E-state index in [-0.39, 0.29) is 11.8 Å². The quantitative estimate of drug-likeness (QED) is 0.616. The highest BCUT2D eigenvalue weighted by atomic mass is 79.9. The van der Waals surface area contributed by atoms with Crippen molar-refractivity contribution in [2.75, 3.05) is 6.61 Å². The maximum Gasteiger partial charge on any atom is 0.269 e. The molecule has 102 valence electrons. The van der Waals surface area contributed by atoms with Crippen LogP contribution in [0.5, 0.6) is 0 Å². The van der Waals surface area contributed by atoms with Crippen LogP contribution < -0.4 is 0 Å². The fourth-order valence-corrected chi connectivity index (χ4v) is 2.84. The standard InChI is InChI=1S/C15H12BrNO3/c16-12-4-1-10-7-8-20-15(14(10)9-12)11-2-5-13(6-3-11)17(18)19/h1-6,9,15H,7-8H2. The summed E-state index contributed by atoms with van der Waals surface area (Å²) < 4.78 is 6.86. The zero-order valence-electron chi connectivity index (χ0n) is 10.6. The summed E-state index contributed by atoms with van der Waals surface area (Å²) in [6.07, 6.45) is 0.739. The third-order valence-electron chi connectivity index (χ3n) is 3.45. The van der Waals surface area contributed by atoms with Gasteiger partial charge in [0, 0.05) is 16.6 Å². The maximum absolute atomic E-state index is 10.7. The van der Waals surface area contributed by atoms with Crippen molar-refractivity contribution in [3.05, 3.63) is 73.7 Å². The summed E-state index contributed by atoms with van der Waals surface area (Å²) in [5.74, 6) is 0. The number of benzene rings is 2. The van der Waals surface area contributed by atoms with Crippen molar-refractivity contribution in [3.8, 4) is 0 Å². The highest BCUT2D eigenvalue weighted by Crippen LogP contribution is 2.34. The van der Waals surface area contributed by atoms with Gasteiger partial charge < -0.3 is 4.74 Å². The molecule has 0 N–H and O–H groups in total. The molecule has 1 aliphatic rings. The number of halogens is 1. The number of non-ortho nitro benzene ring substituents is 1. The van der Waals surface area contributed by atoms with Crippen molar-refractivity contribution in [1.29, 1.82) is 0 Å². The lowest BCUT2D eigenvalue weighted by atomic mass is 9.93. The Morgan fingerprint density at radius 3 is 2.65 bits per heavy atom. The van der Waals surface area contributed by atoms with Gasteiger partial charge in [-0.05, 0) is 47.4 Å². The molecule has 20 heavy (non-hydrogen) atoms. The van der Waals surface area contributed by atoms with E-state index in [0.717, 1.165) is 22.0 Å². The number of fused-ring (bicyclic) bond motifs is 1. The molecule has 0 saturated heterocycles. The Morgan fingerprint density at radius 2 is 1.95 bits per heavy atom. The van der Waals surface area contributed by atoms with E-state index in [4.69, 9.17) is 4.74 Å². The zero-order chi connectivity index (χ0) is 14.1. The lowest BCUT2D eigenvalue weighted by Crippen LogP contribution is -2.17. The van der Waals surface area contributed by atoms with Gasteiger partial charge in [-0.3, -0.25) is 10.1 Å². The molecule has 2 aromatic rings. The Morgan fingerprint density at radius 1 is 1.20 bits per heavy atom. The van der Waals surface area contributed by atoms with Crippen LogP contribution in [-0.2, 0) is 11.2 Å². The molecule has 2 aromatic carbocycles. The molecule has 0 aromatic heterocycles. The van der Waals surface area contributed by atoms with E-state index < -0.39 is 4.92 Å². The molecule has 4 nitrogen and oxygen atoms in total. The summed E-state index contributed by atoms with van der Waals surface area (Å²) in [5, 5.41) is 10.7. The molecular formula is C15H12BrNO3. The minimum atomic E-state index is -0.393.